The Hall–Kier alpha value is -3.87. The highest BCUT2D eigenvalue weighted by atomic mass is 16.5. The second kappa shape index (κ2) is 10.8. The number of amides is 2. The summed E-state index contributed by atoms with van der Waals surface area (Å²) in [7, 11) is 0. The molecule has 0 bridgehead atoms. The lowest BCUT2D eigenvalue weighted by Gasteiger charge is -2.20. The molecule has 4 rings (SSSR count). The highest BCUT2D eigenvalue weighted by Crippen LogP contribution is 2.34. The molecule has 7 nitrogen and oxygen atoms in total. The van der Waals surface area contributed by atoms with Crippen LogP contribution in [0.1, 0.15) is 33.5 Å². The quantitative estimate of drug-likeness (QED) is 0.655. The van der Waals surface area contributed by atoms with Gasteiger partial charge in [-0.3, -0.25) is 9.78 Å². The predicted molar refractivity (Wildman–Crippen MR) is 117 cm³/mol. The van der Waals surface area contributed by atoms with Gasteiger partial charge in [0.15, 0.2) is 5.78 Å². The van der Waals surface area contributed by atoms with E-state index in [4.69, 9.17) is 15.2 Å². The van der Waals surface area contributed by atoms with Crippen LogP contribution >= 0.6 is 0 Å². The number of ketones is 1. The van der Waals surface area contributed by atoms with Crippen LogP contribution in [0.15, 0.2) is 67.0 Å². The van der Waals surface area contributed by atoms with Crippen molar-refractivity contribution >= 4 is 11.8 Å². The van der Waals surface area contributed by atoms with E-state index in [0.717, 1.165) is 22.4 Å². The molecule has 3 N–H and O–H groups in total. The first-order valence-electron chi connectivity index (χ1n) is 9.93. The Balaban J connectivity index is 0.000000210. The average Bonchev–Trinajstić information content (AvgIpc) is 2.80. The Kier molecular flexibility index (Phi) is 7.59. The number of carbonyl (C=O) groups is 2. The monoisotopic (exact) mass is 419 g/mol. The van der Waals surface area contributed by atoms with E-state index in [-0.39, 0.29) is 5.78 Å². The van der Waals surface area contributed by atoms with Crippen molar-refractivity contribution in [2.75, 3.05) is 6.61 Å². The van der Waals surface area contributed by atoms with Gasteiger partial charge >= 0.3 is 6.03 Å². The van der Waals surface area contributed by atoms with Gasteiger partial charge in [0, 0.05) is 30.9 Å². The van der Waals surface area contributed by atoms with Gasteiger partial charge in [-0.25, -0.2) is 4.79 Å². The van der Waals surface area contributed by atoms with E-state index in [1.54, 1.807) is 18.5 Å². The number of fused-ring (bicyclic) bond motifs is 1. The SMILES string of the molecule is Cc1c(OCc2ccncc2)ccc2c1OCCC2=O.NC(=O)NCc1ccccc1. The third-order valence-electron chi connectivity index (χ3n) is 4.69. The molecule has 0 spiro atoms. The summed E-state index contributed by atoms with van der Waals surface area (Å²) >= 11 is 0. The number of hydrogen-bond acceptors (Lipinski definition) is 5. The molecule has 0 radical (unpaired) electrons. The zero-order chi connectivity index (χ0) is 22.1. The van der Waals surface area contributed by atoms with Crippen LogP contribution in [0, 0.1) is 6.92 Å². The van der Waals surface area contributed by atoms with E-state index in [0.29, 0.717) is 37.5 Å². The highest BCUT2D eigenvalue weighted by molar-refractivity contribution is 6.00. The Morgan fingerprint density at radius 2 is 1.84 bits per heavy atom. The summed E-state index contributed by atoms with van der Waals surface area (Å²) in [5.41, 5.74) is 8.52. The van der Waals surface area contributed by atoms with E-state index in [9.17, 15) is 9.59 Å². The van der Waals surface area contributed by atoms with Crippen molar-refractivity contribution in [1.82, 2.24) is 10.3 Å². The van der Waals surface area contributed by atoms with Gasteiger partial charge in [0.2, 0.25) is 0 Å². The van der Waals surface area contributed by atoms with Gasteiger partial charge < -0.3 is 20.5 Å². The Morgan fingerprint density at radius 3 is 2.55 bits per heavy atom. The van der Waals surface area contributed by atoms with Crippen molar-refractivity contribution in [2.24, 2.45) is 5.73 Å². The van der Waals surface area contributed by atoms with Crippen molar-refractivity contribution in [3.8, 4) is 11.5 Å². The van der Waals surface area contributed by atoms with Crippen LogP contribution in [-0.2, 0) is 13.2 Å². The summed E-state index contributed by atoms with van der Waals surface area (Å²) in [6.45, 7) is 3.33. The Morgan fingerprint density at radius 1 is 1.10 bits per heavy atom. The number of pyridine rings is 1. The maximum Gasteiger partial charge on any atom is 0.312 e. The number of nitrogens with two attached hydrogens (primary N) is 1. The number of ether oxygens (including phenoxy) is 2. The first-order chi connectivity index (χ1) is 15.0. The van der Waals surface area contributed by atoms with Crippen molar-refractivity contribution in [3.05, 3.63) is 89.2 Å². The Labute approximate surface area is 181 Å². The number of nitrogens with one attached hydrogen (secondary N) is 1. The number of nitrogens with zero attached hydrogens (tertiary/aromatic N) is 1. The first kappa shape index (κ1) is 21.8. The molecule has 7 heteroatoms. The number of carbonyl (C=O) groups excluding carboxylic acids is 2. The van der Waals surface area contributed by atoms with Crippen molar-refractivity contribution < 1.29 is 19.1 Å². The van der Waals surface area contributed by atoms with Crippen molar-refractivity contribution in [1.29, 1.82) is 0 Å². The predicted octanol–water partition coefficient (Wildman–Crippen LogP) is 3.79. The number of Topliss-reactive ketones (excluding diaryl/α,β-unsaturated/α-hetero) is 1. The lowest BCUT2D eigenvalue weighted by atomic mass is 10.0. The summed E-state index contributed by atoms with van der Waals surface area (Å²) in [5, 5.41) is 2.50. The summed E-state index contributed by atoms with van der Waals surface area (Å²) in [6, 6.07) is 16.6. The molecule has 0 fully saturated rings. The van der Waals surface area contributed by atoms with Crippen molar-refractivity contribution in [3.63, 3.8) is 0 Å². The molecule has 160 valence electrons. The van der Waals surface area contributed by atoms with Crippen LogP contribution in [0.4, 0.5) is 4.79 Å². The molecule has 1 aromatic heterocycles. The first-order valence-corrected chi connectivity index (χ1v) is 9.93. The van der Waals surface area contributed by atoms with Gasteiger partial charge in [0.05, 0.1) is 12.2 Å². The molecule has 2 aromatic carbocycles. The minimum Gasteiger partial charge on any atom is -0.492 e. The van der Waals surface area contributed by atoms with Crippen LogP contribution in [0.25, 0.3) is 0 Å². The Bertz CT molecular complexity index is 1020. The number of hydrogen-bond donors (Lipinski definition) is 2. The maximum absolute atomic E-state index is 11.8. The molecule has 3 aromatic rings. The fraction of sp³-hybridized carbons (Fsp3) is 0.208. The molecule has 0 atom stereocenters. The molecule has 0 saturated heterocycles. The van der Waals surface area contributed by atoms with Crippen molar-refractivity contribution in [2.45, 2.75) is 26.5 Å². The lowest BCUT2D eigenvalue weighted by molar-refractivity contribution is 0.0932. The topological polar surface area (TPSA) is 104 Å². The summed E-state index contributed by atoms with van der Waals surface area (Å²) in [6.07, 6.45) is 3.92. The fourth-order valence-electron chi connectivity index (χ4n) is 3.04. The molecule has 1 aliphatic rings. The third-order valence-corrected chi connectivity index (χ3v) is 4.69. The minimum absolute atomic E-state index is 0.134. The lowest BCUT2D eigenvalue weighted by Crippen LogP contribution is -2.28. The number of urea groups is 1. The number of primary amides is 1. The van der Waals surface area contributed by atoms with Gasteiger partial charge in [-0.15, -0.1) is 0 Å². The zero-order valence-electron chi connectivity index (χ0n) is 17.3. The van der Waals surface area contributed by atoms with E-state index >= 15 is 0 Å². The molecule has 2 amide bonds. The average molecular weight is 419 g/mol. The van der Waals surface area contributed by atoms with Gasteiger partial charge in [-0.2, -0.15) is 0 Å². The minimum atomic E-state index is -0.492. The highest BCUT2D eigenvalue weighted by Gasteiger charge is 2.22. The zero-order valence-corrected chi connectivity index (χ0v) is 17.3. The summed E-state index contributed by atoms with van der Waals surface area (Å²) in [4.78, 5) is 26.1. The van der Waals surface area contributed by atoms with Crippen LogP contribution in [0.3, 0.4) is 0 Å². The number of benzene rings is 2. The smallest absolute Gasteiger partial charge is 0.312 e. The molecular weight excluding hydrogens is 394 g/mol. The van der Waals surface area contributed by atoms with Crippen LogP contribution in [0.2, 0.25) is 0 Å². The van der Waals surface area contributed by atoms with Gasteiger partial charge in [0.1, 0.15) is 18.1 Å². The van der Waals surface area contributed by atoms with Gasteiger partial charge in [-0.05, 0) is 42.3 Å². The van der Waals surface area contributed by atoms with Gasteiger partial charge in [0.25, 0.3) is 0 Å². The summed E-state index contributed by atoms with van der Waals surface area (Å²) in [5.74, 6) is 1.54. The second-order valence-corrected chi connectivity index (χ2v) is 6.93. The maximum atomic E-state index is 11.8. The number of aromatic nitrogens is 1. The van der Waals surface area contributed by atoms with Gasteiger partial charge in [-0.1, -0.05) is 30.3 Å². The molecule has 0 unspecified atom stereocenters. The second-order valence-electron chi connectivity index (χ2n) is 6.93. The van der Waals surface area contributed by atoms with E-state index in [2.05, 4.69) is 10.3 Å². The summed E-state index contributed by atoms with van der Waals surface area (Å²) < 4.78 is 11.4. The molecule has 1 aliphatic heterocycles. The third kappa shape index (κ3) is 6.30. The number of rotatable bonds is 5. The van der Waals surface area contributed by atoms with Crippen LogP contribution in [-0.4, -0.2) is 23.4 Å². The standard InChI is InChI=1S/C16H15NO3.C8H10N2O/c1-11-15(20-10-12-4-7-17-8-5-12)3-2-13-14(18)6-9-19-16(11)13;9-8(11)10-6-7-4-2-1-3-5-7/h2-5,7-8H,6,9-10H2,1H3;1-5H,6H2,(H3,9,10,11). The van der Waals surface area contributed by atoms with E-state index in [1.807, 2.05) is 55.5 Å². The molecule has 2 heterocycles. The van der Waals surface area contributed by atoms with E-state index in [1.165, 1.54) is 0 Å². The molecule has 31 heavy (non-hydrogen) atoms. The largest absolute Gasteiger partial charge is 0.492 e. The molecular formula is C24H25N3O4. The fourth-order valence-corrected chi connectivity index (χ4v) is 3.04. The normalized spacial score (nSPS) is 12.0. The molecule has 0 aliphatic carbocycles. The molecule has 0 saturated carbocycles. The van der Waals surface area contributed by atoms with Crippen LogP contribution in [0.5, 0.6) is 11.5 Å². The van der Waals surface area contributed by atoms with Crippen LogP contribution < -0.4 is 20.5 Å². The van der Waals surface area contributed by atoms with E-state index < -0.39 is 6.03 Å².